The lowest BCUT2D eigenvalue weighted by atomic mass is 10.2. The van der Waals surface area contributed by atoms with Crippen molar-refractivity contribution in [2.45, 2.75) is 6.42 Å². The average molecular weight is 532 g/mol. The average Bonchev–Trinajstić information content (AvgIpc) is 2.76. The van der Waals surface area contributed by atoms with Crippen molar-refractivity contribution >= 4 is 41.5 Å². The van der Waals surface area contributed by atoms with Gasteiger partial charge in [0.2, 0.25) is 5.91 Å². The number of carbonyl (C=O) groups is 1. The number of guanidine groups is 1. The van der Waals surface area contributed by atoms with Crippen LogP contribution in [0.25, 0.3) is 0 Å². The van der Waals surface area contributed by atoms with Crippen molar-refractivity contribution in [1.82, 2.24) is 20.4 Å². The minimum atomic E-state index is 0. The summed E-state index contributed by atoms with van der Waals surface area (Å²) in [4.78, 5) is 23.2. The van der Waals surface area contributed by atoms with Gasteiger partial charge in [-0.2, -0.15) is 0 Å². The van der Waals surface area contributed by atoms with Crippen LogP contribution in [0.15, 0.2) is 35.3 Å². The third kappa shape index (κ3) is 9.48. The molecule has 9 heteroatoms. The third-order valence-electron chi connectivity index (χ3n) is 5.06. The van der Waals surface area contributed by atoms with E-state index in [0.717, 1.165) is 58.8 Å². The number of piperazine rings is 1. The fraction of sp³-hybridized carbons (Fsp3) is 0.619. The first kappa shape index (κ1) is 26.4. The van der Waals surface area contributed by atoms with Gasteiger partial charge in [-0.3, -0.25) is 9.79 Å². The van der Waals surface area contributed by atoms with Crippen molar-refractivity contribution in [3.8, 4) is 0 Å². The van der Waals surface area contributed by atoms with Crippen molar-refractivity contribution < 1.29 is 9.53 Å². The van der Waals surface area contributed by atoms with E-state index in [1.165, 1.54) is 5.69 Å². The van der Waals surface area contributed by atoms with Crippen molar-refractivity contribution in [2.24, 2.45) is 4.99 Å². The first-order chi connectivity index (χ1) is 14.1. The molecule has 0 spiro atoms. The summed E-state index contributed by atoms with van der Waals surface area (Å²) in [5.41, 5.74) is 1.22. The van der Waals surface area contributed by atoms with E-state index in [-0.39, 0.29) is 36.4 Å². The molecule has 0 aromatic heterocycles. The summed E-state index contributed by atoms with van der Waals surface area (Å²) in [5, 5.41) is 6.40. The van der Waals surface area contributed by atoms with E-state index in [0.29, 0.717) is 5.96 Å². The summed E-state index contributed by atoms with van der Waals surface area (Å²) in [7, 11) is 5.54. The van der Waals surface area contributed by atoms with Crippen molar-refractivity contribution in [1.29, 1.82) is 0 Å². The van der Waals surface area contributed by atoms with Gasteiger partial charge in [-0.25, -0.2) is 0 Å². The van der Waals surface area contributed by atoms with E-state index < -0.39 is 0 Å². The normalized spacial score (nSPS) is 14.5. The zero-order chi connectivity index (χ0) is 20.9. The van der Waals surface area contributed by atoms with Gasteiger partial charge in [-0.05, 0) is 25.6 Å². The van der Waals surface area contributed by atoms with Gasteiger partial charge in [0.1, 0.15) is 0 Å². The minimum Gasteiger partial charge on any atom is -0.385 e. The molecule has 1 fully saturated rings. The Morgan fingerprint density at radius 3 is 2.47 bits per heavy atom. The van der Waals surface area contributed by atoms with E-state index in [9.17, 15) is 4.79 Å². The van der Waals surface area contributed by atoms with Crippen LogP contribution < -0.4 is 15.5 Å². The molecule has 2 N–H and O–H groups in total. The van der Waals surface area contributed by atoms with Crippen LogP contribution in [0.1, 0.15) is 6.42 Å². The number of halogens is 1. The van der Waals surface area contributed by atoms with Crippen LogP contribution in [-0.2, 0) is 9.53 Å². The molecule has 1 aromatic rings. The highest BCUT2D eigenvalue weighted by Crippen LogP contribution is 2.15. The minimum absolute atomic E-state index is 0. The molecule has 2 rings (SSSR count). The van der Waals surface area contributed by atoms with Gasteiger partial charge in [-0.1, -0.05) is 18.2 Å². The van der Waals surface area contributed by atoms with E-state index in [2.05, 4.69) is 44.6 Å². The molecule has 0 unspecified atom stereocenters. The topological polar surface area (TPSA) is 72.4 Å². The van der Waals surface area contributed by atoms with Crippen molar-refractivity contribution in [3.05, 3.63) is 30.3 Å². The molecular weight excluding hydrogens is 495 g/mol. The maximum Gasteiger partial charge on any atom is 0.242 e. The van der Waals surface area contributed by atoms with Crippen LogP contribution >= 0.6 is 24.0 Å². The summed E-state index contributed by atoms with van der Waals surface area (Å²) < 4.78 is 5.08. The Balaban J connectivity index is 0.00000450. The highest BCUT2D eigenvalue weighted by molar-refractivity contribution is 14.0. The second-order valence-electron chi connectivity index (χ2n) is 7.21. The predicted molar refractivity (Wildman–Crippen MR) is 134 cm³/mol. The second-order valence-corrected chi connectivity index (χ2v) is 7.21. The molecule has 8 nitrogen and oxygen atoms in total. The quantitative estimate of drug-likeness (QED) is 0.204. The molecule has 1 heterocycles. The zero-order valence-electron chi connectivity index (χ0n) is 18.5. The summed E-state index contributed by atoms with van der Waals surface area (Å²) in [6.45, 7) is 6.91. The smallest absolute Gasteiger partial charge is 0.242 e. The first-order valence-corrected chi connectivity index (χ1v) is 10.3. The van der Waals surface area contributed by atoms with E-state index in [4.69, 9.17) is 4.74 Å². The molecule has 0 bridgehead atoms. The fourth-order valence-electron chi connectivity index (χ4n) is 3.30. The largest absolute Gasteiger partial charge is 0.385 e. The molecule has 170 valence electrons. The lowest BCUT2D eigenvalue weighted by Gasteiger charge is -2.36. The number of nitrogens with zero attached hydrogens (tertiary/aromatic N) is 4. The SMILES string of the molecule is CN=C(NCCN(C)CCCOC)NCC(=O)N1CCN(c2ccccc2)CC1.I. The maximum absolute atomic E-state index is 12.5. The number of methoxy groups -OCH3 is 1. The Hall–Kier alpha value is -1.59. The number of hydrogen-bond donors (Lipinski definition) is 2. The number of anilines is 1. The molecule has 1 saturated heterocycles. The molecule has 1 aliphatic heterocycles. The van der Waals surface area contributed by atoms with E-state index >= 15 is 0 Å². The summed E-state index contributed by atoms with van der Waals surface area (Å²) in [6, 6.07) is 10.3. The number of hydrogen-bond acceptors (Lipinski definition) is 5. The Labute approximate surface area is 198 Å². The van der Waals surface area contributed by atoms with Crippen LogP contribution in [0, 0.1) is 0 Å². The van der Waals surface area contributed by atoms with E-state index in [1.54, 1.807) is 14.2 Å². The third-order valence-corrected chi connectivity index (χ3v) is 5.06. The van der Waals surface area contributed by atoms with Gasteiger partial charge in [-0.15, -0.1) is 24.0 Å². The van der Waals surface area contributed by atoms with Crippen LogP contribution in [0.3, 0.4) is 0 Å². The number of carbonyl (C=O) groups excluding carboxylic acids is 1. The molecule has 0 radical (unpaired) electrons. The van der Waals surface area contributed by atoms with Gasteiger partial charge in [0.25, 0.3) is 0 Å². The Morgan fingerprint density at radius 1 is 1.13 bits per heavy atom. The molecule has 1 amide bonds. The van der Waals surface area contributed by atoms with Gasteiger partial charge in [0.05, 0.1) is 6.54 Å². The molecule has 1 aliphatic rings. The predicted octanol–water partition coefficient (Wildman–Crippen LogP) is 1.09. The number of rotatable bonds is 10. The Kier molecular flexibility index (Phi) is 13.4. The van der Waals surface area contributed by atoms with Gasteiger partial charge in [0.15, 0.2) is 5.96 Å². The summed E-state index contributed by atoms with van der Waals surface area (Å²) in [6.07, 6.45) is 1.02. The van der Waals surface area contributed by atoms with Crippen LogP contribution in [0.5, 0.6) is 0 Å². The first-order valence-electron chi connectivity index (χ1n) is 10.3. The van der Waals surface area contributed by atoms with Crippen LogP contribution in [-0.4, -0.2) is 102 Å². The Morgan fingerprint density at radius 2 is 1.83 bits per heavy atom. The Bertz CT molecular complexity index is 623. The second kappa shape index (κ2) is 15.2. The van der Waals surface area contributed by atoms with Crippen LogP contribution in [0.4, 0.5) is 5.69 Å². The van der Waals surface area contributed by atoms with Crippen LogP contribution in [0.2, 0.25) is 0 Å². The van der Waals surface area contributed by atoms with Gasteiger partial charge in [0, 0.05) is 72.3 Å². The lowest BCUT2D eigenvalue weighted by Crippen LogP contribution is -2.52. The number of aliphatic imine (C=N–C) groups is 1. The lowest BCUT2D eigenvalue weighted by molar-refractivity contribution is -0.130. The highest BCUT2D eigenvalue weighted by atomic mass is 127. The monoisotopic (exact) mass is 532 g/mol. The van der Waals surface area contributed by atoms with Crippen molar-refractivity contribution in [3.63, 3.8) is 0 Å². The van der Waals surface area contributed by atoms with Gasteiger partial charge < -0.3 is 30.1 Å². The summed E-state index contributed by atoms with van der Waals surface area (Å²) in [5.74, 6) is 0.768. The number of nitrogens with one attached hydrogen (secondary N) is 2. The maximum atomic E-state index is 12.5. The molecule has 30 heavy (non-hydrogen) atoms. The molecule has 0 saturated carbocycles. The number of likely N-dealkylation sites (N-methyl/N-ethyl adjacent to an activating group) is 1. The highest BCUT2D eigenvalue weighted by Gasteiger charge is 2.21. The van der Waals surface area contributed by atoms with Gasteiger partial charge >= 0.3 is 0 Å². The van der Waals surface area contributed by atoms with Crippen molar-refractivity contribution in [2.75, 3.05) is 85.1 Å². The molecule has 1 aromatic carbocycles. The number of ether oxygens (including phenoxy) is 1. The summed E-state index contributed by atoms with van der Waals surface area (Å²) >= 11 is 0. The fourth-order valence-corrected chi connectivity index (χ4v) is 3.30. The number of benzene rings is 1. The number of amides is 1. The zero-order valence-corrected chi connectivity index (χ0v) is 20.8. The molecule has 0 aliphatic carbocycles. The molecule has 0 atom stereocenters. The van der Waals surface area contributed by atoms with E-state index in [1.807, 2.05) is 23.1 Å². The molecular formula is C21H37IN6O2. The number of para-hydroxylation sites is 1. The standard InChI is InChI=1S/C21H36N6O2.HI/c1-22-21(23-10-12-25(2)11-7-17-29-3)24-18-20(28)27-15-13-26(14-16-27)19-8-5-4-6-9-19;/h4-6,8-9H,7,10-18H2,1-3H3,(H2,22,23,24);1H.